The molecule has 4 aromatic rings. The summed E-state index contributed by atoms with van der Waals surface area (Å²) >= 11 is 0. The van der Waals surface area contributed by atoms with Gasteiger partial charge in [0.1, 0.15) is 11.3 Å². The maximum absolute atomic E-state index is 13.9. The van der Waals surface area contributed by atoms with Gasteiger partial charge in [-0.1, -0.05) is 42.0 Å². The van der Waals surface area contributed by atoms with Crippen LogP contribution in [0.15, 0.2) is 71.1 Å². The van der Waals surface area contributed by atoms with Crippen LogP contribution < -0.4 is 0 Å². The van der Waals surface area contributed by atoms with Crippen molar-refractivity contribution in [3.63, 3.8) is 0 Å². The first-order valence-electron chi connectivity index (χ1n) is 7.43. The minimum atomic E-state index is -0.245. The maximum Gasteiger partial charge on any atom is 0.227 e. The Morgan fingerprint density at radius 1 is 0.870 bits per heavy atom. The van der Waals surface area contributed by atoms with Crippen molar-refractivity contribution in [2.45, 2.75) is 6.92 Å². The van der Waals surface area contributed by atoms with Crippen molar-refractivity contribution in [3.05, 3.63) is 78.1 Å². The van der Waals surface area contributed by atoms with Crippen molar-refractivity contribution >= 4 is 11.1 Å². The van der Waals surface area contributed by atoms with Crippen molar-refractivity contribution in [2.75, 3.05) is 0 Å². The number of hydrogen-bond donors (Lipinski definition) is 0. The zero-order valence-electron chi connectivity index (χ0n) is 12.6. The highest BCUT2D eigenvalue weighted by Crippen LogP contribution is 2.29. The largest absolute Gasteiger partial charge is 0.436 e. The molecule has 2 nitrogen and oxygen atoms in total. The van der Waals surface area contributed by atoms with Crippen LogP contribution in [-0.2, 0) is 0 Å². The summed E-state index contributed by atoms with van der Waals surface area (Å²) in [5, 5.41) is 0. The molecule has 0 radical (unpaired) electrons. The van der Waals surface area contributed by atoms with E-state index in [0.29, 0.717) is 17.0 Å². The van der Waals surface area contributed by atoms with Crippen LogP contribution >= 0.6 is 0 Å². The standard InChI is InChI=1S/C20H14FNO/c1-13-5-4-6-15(11-13)20-22-18-10-9-14(12-19(18)23-20)16-7-2-3-8-17(16)21/h2-12H,1H3. The van der Waals surface area contributed by atoms with Gasteiger partial charge in [0.2, 0.25) is 5.89 Å². The van der Waals surface area contributed by atoms with E-state index in [4.69, 9.17) is 4.42 Å². The molecule has 0 aliphatic carbocycles. The van der Waals surface area contributed by atoms with E-state index in [2.05, 4.69) is 4.98 Å². The average molecular weight is 303 g/mol. The molecule has 0 N–H and O–H groups in total. The van der Waals surface area contributed by atoms with Gasteiger partial charge in [0.15, 0.2) is 5.58 Å². The van der Waals surface area contributed by atoms with E-state index in [1.54, 1.807) is 12.1 Å². The van der Waals surface area contributed by atoms with Gasteiger partial charge in [0.25, 0.3) is 0 Å². The van der Waals surface area contributed by atoms with Crippen molar-refractivity contribution in [2.24, 2.45) is 0 Å². The van der Waals surface area contributed by atoms with E-state index in [9.17, 15) is 4.39 Å². The maximum atomic E-state index is 13.9. The molecule has 0 saturated heterocycles. The highest BCUT2D eigenvalue weighted by Gasteiger charge is 2.11. The Balaban J connectivity index is 1.83. The quantitative estimate of drug-likeness (QED) is 0.481. The molecule has 0 spiro atoms. The fraction of sp³-hybridized carbons (Fsp3) is 0.0500. The van der Waals surface area contributed by atoms with Gasteiger partial charge in [0.05, 0.1) is 0 Å². The fourth-order valence-corrected chi connectivity index (χ4v) is 2.69. The number of fused-ring (bicyclic) bond motifs is 1. The van der Waals surface area contributed by atoms with Crippen LogP contribution in [0, 0.1) is 12.7 Å². The third kappa shape index (κ3) is 2.50. The Morgan fingerprint density at radius 3 is 2.57 bits per heavy atom. The number of hydrogen-bond acceptors (Lipinski definition) is 2. The number of nitrogens with zero attached hydrogens (tertiary/aromatic N) is 1. The minimum absolute atomic E-state index is 0.245. The number of benzene rings is 3. The van der Waals surface area contributed by atoms with Gasteiger partial charge < -0.3 is 4.42 Å². The molecule has 0 unspecified atom stereocenters. The lowest BCUT2D eigenvalue weighted by molar-refractivity contribution is 0.619. The van der Waals surface area contributed by atoms with E-state index < -0.39 is 0 Å². The first-order valence-corrected chi connectivity index (χ1v) is 7.43. The Morgan fingerprint density at radius 2 is 1.74 bits per heavy atom. The predicted octanol–water partition coefficient (Wildman–Crippen LogP) is 5.61. The molecule has 4 rings (SSSR count). The monoisotopic (exact) mass is 303 g/mol. The Labute approximate surface area is 133 Å². The van der Waals surface area contributed by atoms with Crippen molar-refractivity contribution in [1.29, 1.82) is 0 Å². The first kappa shape index (κ1) is 13.7. The minimum Gasteiger partial charge on any atom is -0.436 e. The molecule has 0 atom stereocenters. The molecule has 1 aromatic heterocycles. The second-order valence-corrected chi connectivity index (χ2v) is 5.55. The molecule has 112 valence electrons. The zero-order valence-corrected chi connectivity index (χ0v) is 12.6. The number of aromatic nitrogens is 1. The highest BCUT2D eigenvalue weighted by molar-refractivity contribution is 5.82. The van der Waals surface area contributed by atoms with E-state index in [1.807, 2.05) is 55.5 Å². The van der Waals surface area contributed by atoms with Crippen LogP contribution in [-0.4, -0.2) is 4.98 Å². The average Bonchev–Trinajstić information content (AvgIpc) is 2.98. The van der Waals surface area contributed by atoms with Crippen LogP contribution in [0.3, 0.4) is 0 Å². The second kappa shape index (κ2) is 5.36. The number of oxazole rings is 1. The van der Waals surface area contributed by atoms with Gasteiger partial charge in [0, 0.05) is 11.1 Å². The summed E-state index contributed by atoms with van der Waals surface area (Å²) < 4.78 is 19.8. The SMILES string of the molecule is Cc1cccc(-c2nc3ccc(-c4ccccc4F)cc3o2)c1. The van der Waals surface area contributed by atoms with Crippen LogP contribution in [0.2, 0.25) is 0 Å². The Bertz CT molecular complexity index is 1000. The zero-order chi connectivity index (χ0) is 15.8. The van der Waals surface area contributed by atoms with E-state index >= 15 is 0 Å². The summed E-state index contributed by atoms with van der Waals surface area (Å²) in [6.45, 7) is 2.03. The van der Waals surface area contributed by atoms with Gasteiger partial charge in [-0.15, -0.1) is 0 Å². The van der Waals surface area contributed by atoms with Gasteiger partial charge in [-0.25, -0.2) is 9.37 Å². The number of halogens is 1. The Kier molecular flexibility index (Phi) is 3.19. The number of rotatable bonds is 2. The Hall–Kier alpha value is -2.94. The molecule has 0 aliphatic heterocycles. The lowest BCUT2D eigenvalue weighted by Gasteiger charge is -2.02. The molecule has 0 aliphatic rings. The van der Waals surface area contributed by atoms with Crippen LogP contribution in [0.4, 0.5) is 4.39 Å². The lowest BCUT2D eigenvalue weighted by atomic mass is 10.1. The summed E-state index contributed by atoms with van der Waals surface area (Å²) in [6.07, 6.45) is 0. The molecule has 0 amide bonds. The molecule has 0 fully saturated rings. The van der Waals surface area contributed by atoms with E-state index in [-0.39, 0.29) is 5.82 Å². The van der Waals surface area contributed by atoms with E-state index in [1.165, 1.54) is 6.07 Å². The molecule has 3 aromatic carbocycles. The van der Waals surface area contributed by atoms with Crippen LogP contribution in [0.5, 0.6) is 0 Å². The predicted molar refractivity (Wildman–Crippen MR) is 89.6 cm³/mol. The van der Waals surface area contributed by atoms with Crippen LogP contribution in [0.1, 0.15) is 5.56 Å². The highest BCUT2D eigenvalue weighted by atomic mass is 19.1. The summed E-state index contributed by atoms with van der Waals surface area (Å²) in [4.78, 5) is 4.52. The van der Waals surface area contributed by atoms with Gasteiger partial charge in [-0.2, -0.15) is 0 Å². The van der Waals surface area contributed by atoms with E-state index in [0.717, 1.165) is 22.2 Å². The van der Waals surface area contributed by atoms with Crippen LogP contribution in [0.25, 0.3) is 33.7 Å². The molecule has 3 heteroatoms. The topological polar surface area (TPSA) is 26.0 Å². The van der Waals surface area contributed by atoms with Gasteiger partial charge >= 0.3 is 0 Å². The molecule has 1 heterocycles. The van der Waals surface area contributed by atoms with Crippen molar-refractivity contribution in [3.8, 4) is 22.6 Å². The van der Waals surface area contributed by atoms with Crippen molar-refractivity contribution in [1.82, 2.24) is 4.98 Å². The molecule has 0 saturated carbocycles. The first-order chi connectivity index (χ1) is 11.2. The lowest BCUT2D eigenvalue weighted by Crippen LogP contribution is -1.82. The van der Waals surface area contributed by atoms with Crippen molar-refractivity contribution < 1.29 is 8.81 Å². The molecular formula is C20H14FNO. The second-order valence-electron chi connectivity index (χ2n) is 5.55. The van der Waals surface area contributed by atoms with Gasteiger partial charge in [-0.3, -0.25) is 0 Å². The molecular weight excluding hydrogens is 289 g/mol. The third-order valence-electron chi connectivity index (χ3n) is 3.84. The fourth-order valence-electron chi connectivity index (χ4n) is 2.69. The molecule has 23 heavy (non-hydrogen) atoms. The third-order valence-corrected chi connectivity index (χ3v) is 3.84. The summed E-state index contributed by atoms with van der Waals surface area (Å²) in [5.41, 5.74) is 4.85. The smallest absolute Gasteiger partial charge is 0.227 e. The summed E-state index contributed by atoms with van der Waals surface area (Å²) in [6, 6.07) is 20.3. The normalized spacial score (nSPS) is 11.0. The molecule has 0 bridgehead atoms. The summed E-state index contributed by atoms with van der Waals surface area (Å²) in [5.74, 6) is 0.333. The number of aryl methyl sites for hydroxylation is 1. The summed E-state index contributed by atoms with van der Waals surface area (Å²) in [7, 11) is 0. The van der Waals surface area contributed by atoms with Gasteiger partial charge in [-0.05, 0) is 42.8 Å².